The third-order valence-corrected chi connectivity index (χ3v) is 13.6. The van der Waals surface area contributed by atoms with Crippen molar-refractivity contribution in [3.63, 3.8) is 0 Å². The van der Waals surface area contributed by atoms with Gasteiger partial charge in [0.25, 0.3) is 0 Å². The van der Waals surface area contributed by atoms with Gasteiger partial charge in [-0.15, -0.1) is 0 Å². The van der Waals surface area contributed by atoms with Crippen molar-refractivity contribution in [2.75, 3.05) is 0 Å². The van der Waals surface area contributed by atoms with Crippen molar-refractivity contribution in [1.82, 2.24) is 15.0 Å². The maximum atomic E-state index is 5.08. The molecule has 0 saturated heterocycles. The number of rotatable bonds is 3. The molecule has 3 nitrogen and oxygen atoms in total. The van der Waals surface area contributed by atoms with E-state index in [4.69, 9.17) is 15.0 Å². The Morgan fingerprint density at radius 3 is 1.40 bits per heavy atom. The first-order valence-electron chi connectivity index (χ1n) is 18.0. The van der Waals surface area contributed by atoms with E-state index < -0.39 is 0 Å². The van der Waals surface area contributed by atoms with Crippen molar-refractivity contribution in [2.24, 2.45) is 0 Å². The van der Waals surface area contributed by atoms with Crippen molar-refractivity contribution in [3.8, 4) is 34.2 Å². The van der Waals surface area contributed by atoms with Crippen LogP contribution in [0.1, 0.15) is 11.1 Å². The molecule has 0 atom stereocenters. The number of aromatic nitrogens is 3. The van der Waals surface area contributed by atoms with Gasteiger partial charge in [0.05, 0.1) is 0 Å². The van der Waals surface area contributed by atoms with E-state index in [0.717, 1.165) is 16.7 Å². The van der Waals surface area contributed by atoms with Gasteiger partial charge in [-0.3, -0.25) is 0 Å². The number of nitrogens with zero attached hydrogens (tertiary/aromatic N) is 3. The molecular weight excluding hydrogens is 710 g/mol. The van der Waals surface area contributed by atoms with Gasteiger partial charge in [0.15, 0.2) is 0 Å². The van der Waals surface area contributed by atoms with Crippen molar-refractivity contribution in [1.29, 1.82) is 0 Å². The number of hydrogen-bond donors (Lipinski definition) is 0. The molecule has 0 fully saturated rings. The molecule has 0 saturated carbocycles. The number of hydrogen-bond acceptors (Lipinski definition) is 3. The van der Waals surface area contributed by atoms with Gasteiger partial charge >= 0.3 is 277 Å². The van der Waals surface area contributed by atoms with E-state index in [1.807, 2.05) is 36.4 Å². The molecule has 0 bridgehead atoms. The molecule has 0 aliphatic heterocycles. The molecule has 0 aliphatic rings. The topological polar surface area (TPSA) is 38.7 Å². The van der Waals surface area contributed by atoms with Crippen LogP contribution in [-0.2, 0) is 0 Å². The monoisotopic (exact) mass is 741 g/mol. The molecule has 2 aromatic heterocycles. The second kappa shape index (κ2) is 11.7. The molecular formula is C49H31N3Se. The molecule has 0 aliphatic carbocycles. The van der Waals surface area contributed by atoms with Gasteiger partial charge in [0.2, 0.25) is 0 Å². The zero-order chi connectivity index (χ0) is 35.2. The van der Waals surface area contributed by atoms with Crippen LogP contribution in [0.2, 0.25) is 0 Å². The minimum atomic E-state index is 0.139. The molecule has 0 amide bonds. The van der Waals surface area contributed by atoms with Gasteiger partial charge in [0.1, 0.15) is 0 Å². The van der Waals surface area contributed by atoms with Crippen LogP contribution in [0, 0.1) is 13.8 Å². The van der Waals surface area contributed by atoms with Gasteiger partial charge in [0, 0.05) is 0 Å². The van der Waals surface area contributed by atoms with Crippen molar-refractivity contribution >= 4 is 87.7 Å². The Morgan fingerprint density at radius 2 is 0.736 bits per heavy atom. The first kappa shape index (κ1) is 30.4. The Morgan fingerprint density at radius 1 is 0.321 bits per heavy atom. The summed E-state index contributed by atoms with van der Waals surface area (Å²) in [6.45, 7) is 4.47. The van der Waals surface area contributed by atoms with Gasteiger partial charge < -0.3 is 0 Å². The number of aryl methyl sites for hydroxylation is 2. The SMILES string of the molecule is Cc1cc2c3cc(-c4nc(-c5ccccc5)nc(-c5ccccc5)n4)ccc3c3ccc4c([se]c5c6ccccc6c6ccccc6c45)c3c2cc1C. The molecule has 9 aromatic carbocycles. The van der Waals surface area contributed by atoms with E-state index >= 15 is 0 Å². The van der Waals surface area contributed by atoms with Crippen molar-refractivity contribution in [3.05, 3.63) is 163 Å². The summed E-state index contributed by atoms with van der Waals surface area (Å²) in [5.41, 5.74) is 5.51. The van der Waals surface area contributed by atoms with Crippen LogP contribution >= 0.6 is 0 Å². The minimum absolute atomic E-state index is 0.139. The van der Waals surface area contributed by atoms with E-state index in [1.165, 1.54) is 84.3 Å². The predicted molar refractivity (Wildman–Crippen MR) is 225 cm³/mol. The fourth-order valence-corrected chi connectivity index (χ4v) is 11.3. The summed E-state index contributed by atoms with van der Waals surface area (Å²) in [6.07, 6.45) is 0. The molecule has 0 spiro atoms. The van der Waals surface area contributed by atoms with Crippen molar-refractivity contribution < 1.29 is 0 Å². The fourth-order valence-electron chi connectivity index (χ4n) is 8.29. The Kier molecular flexibility index (Phi) is 6.70. The third kappa shape index (κ3) is 4.63. The summed E-state index contributed by atoms with van der Waals surface area (Å²) in [5, 5.41) is 16.0. The molecule has 11 aromatic rings. The van der Waals surface area contributed by atoms with Gasteiger partial charge in [-0.2, -0.15) is 0 Å². The summed E-state index contributed by atoms with van der Waals surface area (Å²) in [5.74, 6) is 2.01. The zero-order valence-electron chi connectivity index (χ0n) is 29.2. The first-order valence-corrected chi connectivity index (χ1v) is 19.7. The maximum absolute atomic E-state index is 5.08. The van der Waals surface area contributed by atoms with Gasteiger partial charge in [-0.25, -0.2) is 0 Å². The zero-order valence-corrected chi connectivity index (χ0v) is 30.9. The van der Waals surface area contributed by atoms with Crippen LogP contribution in [0.25, 0.3) is 107 Å². The average molecular weight is 741 g/mol. The summed E-state index contributed by atoms with van der Waals surface area (Å²) in [7, 11) is 0. The average Bonchev–Trinajstić information content (AvgIpc) is 3.62. The van der Waals surface area contributed by atoms with Crippen LogP contribution in [0.5, 0.6) is 0 Å². The van der Waals surface area contributed by atoms with E-state index in [0.29, 0.717) is 17.5 Å². The molecule has 53 heavy (non-hydrogen) atoms. The molecule has 11 rings (SSSR count). The summed E-state index contributed by atoms with van der Waals surface area (Å²) >= 11 is 0.139. The molecule has 2 heterocycles. The first-order chi connectivity index (χ1) is 26.1. The van der Waals surface area contributed by atoms with Crippen molar-refractivity contribution in [2.45, 2.75) is 13.8 Å². The quantitative estimate of drug-likeness (QED) is 0.134. The third-order valence-electron chi connectivity index (χ3n) is 11.0. The fraction of sp³-hybridized carbons (Fsp3) is 0.0408. The van der Waals surface area contributed by atoms with Crippen LogP contribution in [0.3, 0.4) is 0 Å². The Bertz CT molecular complexity index is 3230. The summed E-state index contributed by atoms with van der Waals surface area (Å²) < 4.78 is 2.99. The van der Waals surface area contributed by atoms with E-state index in [1.54, 1.807) is 0 Å². The second-order valence-electron chi connectivity index (χ2n) is 14.0. The van der Waals surface area contributed by atoms with E-state index in [9.17, 15) is 0 Å². The van der Waals surface area contributed by atoms with Crippen LogP contribution in [-0.4, -0.2) is 29.5 Å². The Labute approximate surface area is 312 Å². The van der Waals surface area contributed by atoms with Gasteiger partial charge in [-0.1, -0.05) is 36.4 Å². The molecule has 248 valence electrons. The van der Waals surface area contributed by atoms with E-state index in [-0.39, 0.29) is 14.5 Å². The molecule has 0 radical (unpaired) electrons. The second-order valence-corrected chi connectivity index (χ2v) is 16.2. The van der Waals surface area contributed by atoms with E-state index in [2.05, 4.69) is 129 Å². The number of fused-ring (bicyclic) bond motifs is 15. The van der Waals surface area contributed by atoms with Crippen LogP contribution < -0.4 is 0 Å². The predicted octanol–water partition coefficient (Wildman–Crippen LogP) is 12.6. The summed E-state index contributed by atoms with van der Waals surface area (Å²) in [4.78, 5) is 15.1. The Hall–Kier alpha value is -6.19. The molecule has 0 unspecified atom stereocenters. The van der Waals surface area contributed by atoms with Crippen LogP contribution in [0.4, 0.5) is 0 Å². The standard InChI is InChI=1S/C49H31N3Se/c1-28-25-40-41-27-32(49-51-47(30-13-5-3-6-14-30)50-48(52-49)31-15-7-4-8-16-31)21-22-35(41)37-23-24-39-43-36-19-11-9-17-33(36)34-18-10-12-20-38(34)45(43)53-46(39)44(37)42(40)26-29(28)2/h3-27H,1-2H3. The molecule has 4 heteroatoms. The van der Waals surface area contributed by atoms with Crippen LogP contribution in [0.15, 0.2) is 152 Å². The molecule has 0 N–H and O–H groups in total. The Balaban J connectivity index is 1.23. The van der Waals surface area contributed by atoms with Gasteiger partial charge in [-0.05, 0) is 0 Å². The normalized spacial score (nSPS) is 12.0. The summed E-state index contributed by atoms with van der Waals surface area (Å²) in [6, 6.07) is 54.7. The number of benzene rings is 9.